The van der Waals surface area contributed by atoms with Crippen molar-refractivity contribution in [2.75, 3.05) is 6.61 Å². The first-order valence-electron chi connectivity index (χ1n) is 8.26. The van der Waals surface area contributed by atoms with E-state index < -0.39 is 37.0 Å². The first-order valence-corrected chi connectivity index (χ1v) is 9.14. The van der Waals surface area contributed by atoms with E-state index in [1.807, 2.05) is 17.5 Å². The van der Waals surface area contributed by atoms with Crippen molar-refractivity contribution in [2.45, 2.75) is 25.7 Å². The summed E-state index contributed by atoms with van der Waals surface area (Å²) in [6, 6.07) is 9.39. The molecule has 0 aliphatic carbocycles. The smallest absolute Gasteiger partial charge is 0.449 e. The van der Waals surface area contributed by atoms with E-state index in [4.69, 9.17) is 4.74 Å². The standard InChI is InChI=1S/C18H16F3N3O3S/c1-11(14-7-4-8-28-14)22-15(25)10-27-16(26)9-24-13-6-3-2-5-12(13)23-17(24)18(19,20)21/h2-8,11H,9-10H2,1H3,(H,22,25). The molecule has 0 fully saturated rings. The van der Waals surface area contributed by atoms with Crippen molar-refractivity contribution < 1.29 is 27.5 Å². The van der Waals surface area contributed by atoms with Crippen molar-refractivity contribution >= 4 is 34.2 Å². The Hall–Kier alpha value is -2.88. The number of thiophene rings is 1. The van der Waals surface area contributed by atoms with Crippen molar-refractivity contribution in [1.82, 2.24) is 14.9 Å². The molecule has 10 heteroatoms. The molecule has 0 aliphatic heterocycles. The Morgan fingerprint density at radius 2 is 2.00 bits per heavy atom. The third-order valence-corrected chi connectivity index (χ3v) is 4.96. The quantitative estimate of drug-likeness (QED) is 0.630. The van der Waals surface area contributed by atoms with E-state index in [1.54, 1.807) is 19.1 Å². The van der Waals surface area contributed by atoms with Gasteiger partial charge in [0, 0.05) is 4.88 Å². The molecular formula is C18H16F3N3O3S. The van der Waals surface area contributed by atoms with Crippen molar-refractivity contribution in [2.24, 2.45) is 0 Å². The number of esters is 1. The monoisotopic (exact) mass is 411 g/mol. The molecule has 1 amide bonds. The van der Waals surface area contributed by atoms with E-state index in [2.05, 4.69) is 10.3 Å². The molecule has 0 radical (unpaired) electrons. The number of rotatable bonds is 6. The molecule has 1 atom stereocenters. The molecule has 2 heterocycles. The van der Waals surface area contributed by atoms with Crippen LogP contribution in [0.15, 0.2) is 41.8 Å². The number of nitrogens with one attached hydrogen (secondary N) is 1. The zero-order valence-corrected chi connectivity index (χ0v) is 15.5. The number of hydrogen-bond acceptors (Lipinski definition) is 5. The summed E-state index contributed by atoms with van der Waals surface area (Å²) in [7, 11) is 0. The molecular weight excluding hydrogens is 395 g/mol. The molecule has 0 aliphatic rings. The minimum Gasteiger partial charge on any atom is -0.454 e. The van der Waals surface area contributed by atoms with Gasteiger partial charge in [-0.25, -0.2) is 4.98 Å². The summed E-state index contributed by atoms with van der Waals surface area (Å²) < 4.78 is 45.3. The predicted octanol–water partition coefficient (Wildman–Crippen LogP) is 3.54. The van der Waals surface area contributed by atoms with Crippen molar-refractivity contribution in [3.05, 3.63) is 52.5 Å². The Balaban J connectivity index is 1.64. The van der Waals surface area contributed by atoms with Gasteiger partial charge in [0.2, 0.25) is 5.82 Å². The fourth-order valence-corrected chi connectivity index (χ4v) is 3.40. The number of hydrogen-bond donors (Lipinski definition) is 1. The summed E-state index contributed by atoms with van der Waals surface area (Å²) in [6.07, 6.45) is -4.73. The van der Waals surface area contributed by atoms with Crippen LogP contribution in [0.5, 0.6) is 0 Å². The number of ether oxygens (including phenoxy) is 1. The number of halogens is 3. The van der Waals surface area contributed by atoms with Gasteiger partial charge in [0.05, 0.1) is 17.1 Å². The van der Waals surface area contributed by atoms with Crippen LogP contribution in [0.4, 0.5) is 13.2 Å². The highest BCUT2D eigenvalue weighted by Gasteiger charge is 2.38. The highest BCUT2D eigenvalue weighted by molar-refractivity contribution is 7.10. The number of fused-ring (bicyclic) bond motifs is 1. The van der Waals surface area contributed by atoms with Gasteiger partial charge < -0.3 is 14.6 Å². The van der Waals surface area contributed by atoms with Gasteiger partial charge in [-0.2, -0.15) is 13.2 Å². The average molecular weight is 411 g/mol. The van der Waals surface area contributed by atoms with Gasteiger partial charge in [-0.15, -0.1) is 11.3 Å². The van der Waals surface area contributed by atoms with E-state index in [1.165, 1.54) is 23.5 Å². The maximum Gasteiger partial charge on any atom is 0.449 e. The van der Waals surface area contributed by atoms with Gasteiger partial charge >= 0.3 is 12.1 Å². The predicted molar refractivity (Wildman–Crippen MR) is 96.6 cm³/mol. The molecule has 3 rings (SSSR count). The summed E-state index contributed by atoms with van der Waals surface area (Å²) in [5, 5.41) is 4.52. The van der Waals surface area contributed by atoms with E-state index in [0.717, 1.165) is 9.44 Å². The number of para-hydroxylation sites is 2. The molecule has 6 nitrogen and oxygen atoms in total. The number of alkyl halides is 3. The molecule has 1 N–H and O–H groups in total. The third-order valence-electron chi connectivity index (χ3n) is 3.91. The number of amides is 1. The Bertz CT molecular complexity index is 983. The Morgan fingerprint density at radius 1 is 1.25 bits per heavy atom. The zero-order chi connectivity index (χ0) is 20.3. The normalized spacial score (nSPS) is 12.7. The lowest BCUT2D eigenvalue weighted by Crippen LogP contribution is -2.31. The number of aromatic nitrogens is 2. The molecule has 0 saturated heterocycles. The lowest BCUT2D eigenvalue weighted by Gasteiger charge is -2.13. The van der Waals surface area contributed by atoms with Gasteiger partial charge in [-0.05, 0) is 30.5 Å². The van der Waals surface area contributed by atoms with Crippen LogP contribution in [0.1, 0.15) is 23.7 Å². The molecule has 0 bridgehead atoms. The second-order valence-corrected chi connectivity index (χ2v) is 6.95. The second kappa shape index (κ2) is 8.01. The Morgan fingerprint density at radius 3 is 2.68 bits per heavy atom. The van der Waals surface area contributed by atoms with Crippen LogP contribution < -0.4 is 5.32 Å². The largest absolute Gasteiger partial charge is 0.454 e. The molecule has 1 unspecified atom stereocenters. The van der Waals surface area contributed by atoms with E-state index in [-0.39, 0.29) is 17.1 Å². The van der Waals surface area contributed by atoms with Gasteiger partial charge in [-0.3, -0.25) is 9.59 Å². The number of carbonyl (C=O) groups is 2. The topological polar surface area (TPSA) is 73.2 Å². The molecule has 0 spiro atoms. The maximum atomic E-state index is 13.2. The first-order chi connectivity index (χ1) is 13.3. The van der Waals surface area contributed by atoms with Crippen LogP contribution in [0.3, 0.4) is 0 Å². The summed E-state index contributed by atoms with van der Waals surface area (Å²) in [5.41, 5.74) is 0.271. The molecule has 1 aromatic carbocycles. The summed E-state index contributed by atoms with van der Waals surface area (Å²) >= 11 is 1.47. The van der Waals surface area contributed by atoms with Gasteiger partial charge in [0.15, 0.2) is 6.61 Å². The van der Waals surface area contributed by atoms with E-state index in [9.17, 15) is 22.8 Å². The minimum atomic E-state index is -4.73. The highest BCUT2D eigenvalue weighted by atomic mass is 32.1. The minimum absolute atomic E-state index is 0.116. The lowest BCUT2D eigenvalue weighted by atomic mass is 10.3. The SMILES string of the molecule is CC(NC(=O)COC(=O)Cn1c(C(F)(F)F)nc2ccccc21)c1cccs1. The molecule has 2 aromatic heterocycles. The maximum absolute atomic E-state index is 13.2. The number of benzene rings is 1. The molecule has 28 heavy (non-hydrogen) atoms. The second-order valence-electron chi connectivity index (χ2n) is 5.97. The Labute approximate surface area is 161 Å². The summed E-state index contributed by atoms with van der Waals surface area (Å²) in [4.78, 5) is 28.4. The van der Waals surface area contributed by atoms with Crippen LogP contribution in [0, 0.1) is 0 Å². The fraction of sp³-hybridized carbons (Fsp3) is 0.278. The molecule has 3 aromatic rings. The summed E-state index contributed by atoms with van der Waals surface area (Å²) in [5.74, 6) is -2.70. The van der Waals surface area contributed by atoms with Gasteiger partial charge in [0.25, 0.3) is 5.91 Å². The summed E-state index contributed by atoms with van der Waals surface area (Å²) in [6.45, 7) is 0.491. The highest BCUT2D eigenvalue weighted by Crippen LogP contribution is 2.31. The number of imidazole rings is 1. The van der Waals surface area contributed by atoms with Crippen molar-refractivity contribution in [3.8, 4) is 0 Å². The molecule has 0 saturated carbocycles. The van der Waals surface area contributed by atoms with Crippen LogP contribution >= 0.6 is 11.3 Å². The average Bonchev–Trinajstić information content (AvgIpc) is 3.28. The third kappa shape index (κ3) is 4.50. The fourth-order valence-electron chi connectivity index (χ4n) is 2.66. The van der Waals surface area contributed by atoms with E-state index in [0.29, 0.717) is 0 Å². The first kappa shape index (κ1) is 19.9. The van der Waals surface area contributed by atoms with Crippen molar-refractivity contribution in [1.29, 1.82) is 0 Å². The number of carbonyl (C=O) groups excluding carboxylic acids is 2. The van der Waals surface area contributed by atoms with Crippen LogP contribution in [0.25, 0.3) is 11.0 Å². The van der Waals surface area contributed by atoms with Crippen LogP contribution in [0.2, 0.25) is 0 Å². The zero-order valence-electron chi connectivity index (χ0n) is 14.7. The molecule has 148 valence electrons. The Kier molecular flexibility index (Phi) is 5.68. The van der Waals surface area contributed by atoms with Gasteiger partial charge in [-0.1, -0.05) is 18.2 Å². The van der Waals surface area contributed by atoms with Crippen LogP contribution in [-0.2, 0) is 27.0 Å². The lowest BCUT2D eigenvalue weighted by molar-refractivity contribution is -0.153. The number of nitrogens with zero attached hydrogens (tertiary/aromatic N) is 2. The van der Waals surface area contributed by atoms with Gasteiger partial charge in [0.1, 0.15) is 6.54 Å². The van der Waals surface area contributed by atoms with Crippen LogP contribution in [-0.4, -0.2) is 28.0 Å². The van der Waals surface area contributed by atoms with E-state index >= 15 is 0 Å². The van der Waals surface area contributed by atoms with Crippen molar-refractivity contribution in [3.63, 3.8) is 0 Å².